The summed E-state index contributed by atoms with van der Waals surface area (Å²) in [6.07, 6.45) is -0.801. The molecule has 4 N–H and O–H groups in total. The number of hydrogen-bond donors (Lipinski definition) is 4. The molecular formula is C22H24N4O5S2. The molecule has 2 heterocycles. The highest BCUT2D eigenvalue weighted by Crippen LogP contribution is 2.26. The van der Waals surface area contributed by atoms with Crippen LogP contribution in [0.1, 0.15) is 11.7 Å². The predicted octanol–water partition coefficient (Wildman–Crippen LogP) is 3.14. The minimum Gasteiger partial charge on any atom is -0.492 e. The number of ether oxygens (including phenoxy) is 2. The number of rotatable bonds is 11. The fourth-order valence-electron chi connectivity index (χ4n) is 3.25. The summed E-state index contributed by atoms with van der Waals surface area (Å²) in [6, 6.07) is 13.8. The molecule has 0 bridgehead atoms. The number of aliphatic hydroxyl groups excluding tert-OH is 1. The Hall–Kier alpha value is -3.12. The second kappa shape index (κ2) is 10.2. The van der Waals surface area contributed by atoms with Gasteiger partial charge in [0.25, 0.3) is 10.0 Å². The number of benzene rings is 2. The van der Waals surface area contributed by atoms with Crippen LogP contribution in [0.15, 0.2) is 64.2 Å². The minimum atomic E-state index is -3.64. The molecule has 0 fully saturated rings. The summed E-state index contributed by atoms with van der Waals surface area (Å²) in [5, 5.41) is 24.7. The number of hydrogen-bond acceptors (Lipinski definition) is 8. The third-order valence-corrected chi connectivity index (χ3v) is 7.12. The van der Waals surface area contributed by atoms with Crippen molar-refractivity contribution in [3.05, 3.63) is 64.9 Å². The molecule has 0 aliphatic rings. The lowest BCUT2D eigenvalue weighted by molar-refractivity contribution is 0.172. The topological polar surface area (TPSA) is 126 Å². The Labute approximate surface area is 195 Å². The van der Waals surface area contributed by atoms with Crippen LogP contribution in [0.3, 0.4) is 0 Å². The molecule has 0 saturated heterocycles. The highest BCUT2D eigenvalue weighted by atomic mass is 32.2. The van der Waals surface area contributed by atoms with E-state index in [1.165, 1.54) is 11.3 Å². The van der Waals surface area contributed by atoms with Crippen LogP contribution in [0, 0.1) is 0 Å². The zero-order valence-corrected chi connectivity index (χ0v) is 19.4. The van der Waals surface area contributed by atoms with E-state index in [-0.39, 0.29) is 4.90 Å². The highest BCUT2D eigenvalue weighted by molar-refractivity contribution is 7.92. The third kappa shape index (κ3) is 5.63. The molecule has 0 unspecified atom stereocenters. The number of sulfonamides is 1. The molecule has 0 amide bonds. The molecule has 4 aromatic rings. The Bertz CT molecular complexity index is 1310. The molecule has 9 nitrogen and oxygen atoms in total. The summed E-state index contributed by atoms with van der Waals surface area (Å²) >= 11 is 1.31. The number of nitrogens with zero attached hydrogens (tertiary/aromatic N) is 1. The van der Waals surface area contributed by atoms with Gasteiger partial charge in [0, 0.05) is 30.2 Å². The van der Waals surface area contributed by atoms with Crippen molar-refractivity contribution in [3.63, 3.8) is 0 Å². The maximum absolute atomic E-state index is 12.4. The van der Waals surface area contributed by atoms with Gasteiger partial charge in [0.05, 0.1) is 29.0 Å². The molecular weight excluding hydrogens is 464 g/mol. The van der Waals surface area contributed by atoms with E-state index in [2.05, 4.69) is 20.2 Å². The molecule has 0 radical (unpaired) electrons. The zero-order chi connectivity index (χ0) is 23.3. The van der Waals surface area contributed by atoms with Crippen LogP contribution in [0.2, 0.25) is 0 Å². The second-order valence-electron chi connectivity index (χ2n) is 7.20. The first-order valence-corrected chi connectivity index (χ1v) is 12.6. The fraction of sp³-hybridized carbons (Fsp3) is 0.227. The molecule has 0 saturated carbocycles. The Kier molecular flexibility index (Phi) is 7.14. The lowest BCUT2D eigenvalue weighted by Gasteiger charge is -2.14. The van der Waals surface area contributed by atoms with Crippen molar-refractivity contribution in [2.24, 2.45) is 0 Å². The molecule has 0 aliphatic heterocycles. The molecule has 2 aromatic carbocycles. The van der Waals surface area contributed by atoms with Gasteiger partial charge in [-0.2, -0.15) is 11.3 Å². The zero-order valence-electron chi connectivity index (χ0n) is 17.8. The largest absolute Gasteiger partial charge is 0.492 e. The fourth-order valence-corrected chi connectivity index (χ4v) is 5.32. The van der Waals surface area contributed by atoms with E-state index >= 15 is 0 Å². The summed E-state index contributed by atoms with van der Waals surface area (Å²) in [4.78, 5) is 0.214. The first kappa shape index (κ1) is 23.1. The lowest BCUT2D eigenvalue weighted by Crippen LogP contribution is -2.26. The number of fused-ring (bicyclic) bond motifs is 1. The summed E-state index contributed by atoms with van der Waals surface area (Å²) < 4.78 is 38.2. The molecule has 33 heavy (non-hydrogen) atoms. The summed E-state index contributed by atoms with van der Waals surface area (Å²) in [7, 11) is -2.07. The van der Waals surface area contributed by atoms with Crippen molar-refractivity contribution in [1.29, 1.82) is 0 Å². The number of methoxy groups -OCH3 is 1. The molecule has 2 aromatic heterocycles. The Morgan fingerprint density at radius 2 is 2.09 bits per heavy atom. The van der Waals surface area contributed by atoms with E-state index in [9.17, 15) is 13.5 Å². The van der Waals surface area contributed by atoms with Crippen LogP contribution in [-0.2, 0) is 10.0 Å². The summed E-state index contributed by atoms with van der Waals surface area (Å²) in [5.74, 6) is 1.23. The number of H-pyrrole nitrogens is 1. The first-order chi connectivity index (χ1) is 16.0. The SMILES string of the molecule is COc1n[nH]c2cc(OCCNC[C@H](O)c3cccc(NS(=O)(=O)c4ccsc4)c3)ccc12. The Morgan fingerprint density at radius 1 is 1.21 bits per heavy atom. The molecule has 174 valence electrons. The predicted molar refractivity (Wildman–Crippen MR) is 128 cm³/mol. The van der Waals surface area contributed by atoms with E-state index in [1.807, 2.05) is 18.2 Å². The van der Waals surface area contributed by atoms with Crippen molar-refractivity contribution >= 4 is 38.0 Å². The van der Waals surface area contributed by atoms with E-state index in [4.69, 9.17) is 9.47 Å². The van der Waals surface area contributed by atoms with Gasteiger partial charge in [0.15, 0.2) is 0 Å². The normalized spacial score (nSPS) is 12.5. The van der Waals surface area contributed by atoms with Crippen LogP contribution >= 0.6 is 11.3 Å². The average Bonchev–Trinajstić information content (AvgIpc) is 3.49. The number of anilines is 1. The van der Waals surface area contributed by atoms with Crippen LogP contribution in [0.4, 0.5) is 5.69 Å². The van der Waals surface area contributed by atoms with Crippen molar-refractivity contribution in [2.75, 3.05) is 31.5 Å². The van der Waals surface area contributed by atoms with Gasteiger partial charge in [-0.3, -0.25) is 9.82 Å². The molecule has 4 rings (SSSR count). The van der Waals surface area contributed by atoms with Crippen molar-refractivity contribution in [1.82, 2.24) is 15.5 Å². The van der Waals surface area contributed by atoms with Gasteiger partial charge in [-0.1, -0.05) is 12.1 Å². The number of aromatic nitrogens is 2. The van der Waals surface area contributed by atoms with Gasteiger partial charge in [-0.05, 0) is 41.3 Å². The lowest BCUT2D eigenvalue weighted by atomic mass is 10.1. The van der Waals surface area contributed by atoms with E-state index < -0.39 is 16.1 Å². The van der Waals surface area contributed by atoms with Crippen LogP contribution < -0.4 is 19.5 Å². The molecule has 0 aliphatic carbocycles. The summed E-state index contributed by atoms with van der Waals surface area (Å²) in [5.41, 5.74) is 1.82. The number of nitrogens with one attached hydrogen (secondary N) is 3. The number of aromatic amines is 1. The average molecular weight is 489 g/mol. The van der Waals surface area contributed by atoms with Gasteiger partial charge in [-0.15, -0.1) is 5.10 Å². The van der Waals surface area contributed by atoms with Gasteiger partial charge in [0.1, 0.15) is 12.4 Å². The van der Waals surface area contributed by atoms with Crippen LogP contribution in [0.25, 0.3) is 10.9 Å². The van der Waals surface area contributed by atoms with Gasteiger partial charge in [0.2, 0.25) is 5.88 Å². The quantitative estimate of drug-likeness (QED) is 0.239. The molecule has 11 heteroatoms. The Balaban J connectivity index is 1.25. The van der Waals surface area contributed by atoms with Crippen molar-refractivity contribution in [3.8, 4) is 11.6 Å². The minimum absolute atomic E-state index is 0.214. The van der Waals surface area contributed by atoms with E-state index in [0.717, 1.165) is 10.9 Å². The standard InChI is InChI=1S/C22H24N4O5S2/c1-30-22-19-6-5-17(12-20(19)24-25-22)31-9-8-23-13-21(27)15-3-2-4-16(11-15)26-33(28,29)18-7-10-32-14-18/h2-7,10-12,14,21,23,26-27H,8-9,13H2,1H3,(H,24,25)/t21-/m0/s1. The van der Waals surface area contributed by atoms with Crippen LogP contribution in [-0.4, -0.2) is 50.5 Å². The number of aliphatic hydroxyl groups is 1. The smallest absolute Gasteiger partial charge is 0.262 e. The van der Waals surface area contributed by atoms with Crippen LogP contribution in [0.5, 0.6) is 11.6 Å². The van der Waals surface area contributed by atoms with Gasteiger partial charge < -0.3 is 19.9 Å². The van der Waals surface area contributed by atoms with E-state index in [0.29, 0.717) is 42.6 Å². The second-order valence-corrected chi connectivity index (χ2v) is 9.66. The van der Waals surface area contributed by atoms with Gasteiger partial charge >= 0.3 is 0 Å². The molecule has 1 atom stereocenters. The van der Waals surface area contributed by atoms with Gasteiger partial charge in [-0.25, -0.2) is 8.42 Å². The summed E-state index contributed by atoms with van der Waals surface area (Å²) in [6.45, 7) is 1.22. The number of thiophene rings is 1. The third-order valence-electron chi connectivity index (χ3n) is 4.91. The Morgan fingerprint density at radius 3 is 2.88 bits per heavy atom. The van der Waals surface area contributed by atoms with Crippen molar-refractivity contribution in [2.45, 2.75) is 11.0 Å². The maximum Gasteiger partial charge on any atom is 0.262 e. The van der Waals surface area contributed by atoms with E-state index in [1.54, 1.807) is 48.2 Å². The maximum atomic E-state index is 12.4. The monoisotopic (exact) mass is 488 g/mol. The van der Waals surface area contributed by atoms with Crippen molar-refractivity contribution < 1.29 is 23.0 Å². The first-order valence-electron chi connectivity index (χ1n) is 10.1. The molecule has 0 spiro atoms. The highest BCUT2D eigenvalue weighted by Gasteiger charge is 2.15.